The fraction of sp³-hybridized carbons (Fsp3) is 0.500. The van der Waals surface area contributed by atoms with Crippen molar-refractivity contribution in [2.24, 2.45) is 0 Å². The van der Waals surface area contributed by atoms with Crippen molar-refractivity contribution in [2.75, 3.05) is 36.0 Å². The summed E-state index contributed by atoms with van der Waals surface area (Å²) in [7, 11) is 0. The van der Waals surface area contributed by atoms with E-state index >= 15 is 0 Å². The van der Waals surface area contributed by atoms with Gasteiger partial charge in [-0.15, -0.1) is 0 Å². The first kappa shape index (κ1) is 18.9. The van der Waals surface area contributed by atoms with Gasteiger partial charge in [0.05, 0.1) is 30.5 Å². The van der Waals surface area contributed by atoms with E-state index in [-0.39, 0.29) is 31.8 Å². The number of hydrogen-bond acceptors (Lipinski definition) is 6. The van der Waals surface area contributed by atoms with Crippen molar-refractivity contribution in [3.8, 4) is 6.07 Å². The van der Waals surface area contributed by atoms with Crippen molar-refractivity contribution in [1.29, 1.82) is 5.26 Å². The van der Waals surface area contributed by atoms with Gasteiger partial charge in [-0.2, -0.15) is 5.26 Å². The van der Waals surface area contributed by atoms with Gasteiger partial charge in [0.2, 0.25) is 5.91 Å². The molecule has 2 amide bonds. The molecule has 3 rings (SSSR count). The molecular formula is C18H21FN4O4. The molecule has 8 nitrogen and oxygen atoms in total. The molecule has 0 saturated carbocycles. The zero-order valence-corrected chi connectivity index (χ0v) is 14.9. The van der Waals surface area contributed by atoms with Crippen molar-refractivity contribution in [2.45, 2.75) is 31.5 Å². The average Bonchev–Trinajstić information content (AvgIpc) is 3.02. The molecule has 1 unspecified atom stereocenters. The molecule has 1 aromatic rings. The minimum atomic E-state index is -1.35. The van der Waals surface area contributed by atoms with E-state index in [0.717, 1.165) is 0 Å². The normalized spacial score (nSPS) is 21.6. The van der Waals surface area contributed by atoms with Gasteiger partial charge in [0, 0.05) is 32.9 Å². The minimum absolute atomic E-state index is 0.202. The first-order chi connectivity index (χ1) is 12.8. The molecule has 0 bridgehead atoms. The standard InChI is InChI=1S/C18H21FN4O4/c1-12(24)21-9-14-10-23(17(25)27-14)13-2-3-16(15(19)8-13)22-6-4-18(26,11-20)5-7-22/h2-3,8,14,26H,4-7,9-10H2,1H3,(H,21,24). The second-order valence-corrected chi connectivity index (χ2v) is 6.82. The number of benzene rings is 1. The number of nitriles is 1. The van der Waals surface area contributed by atoms with E-state index in [4.69, 9.17) is 10.00 Å². The number of cyclic esters (lactones) is 1. The van der Waals surface area contributed by atoms with Crippen LogP contribution in [0.1, 0.15) is 19.8 Å². The van der Waals surface area contributed by atoms with Crippen LogP contribution in [0.2, 0.25) is 0 Å². The number of ether oxygens (including phenoxy) is 1. The van der Waals surface area contributed by atoms with Gasteiger partial charge in [-0.1, -0.05) is 0 Å². The van der Waals surface area contributed by atoms with Gasteiger partial charge in [-0.25, -0.2) is 9.18 Å². The van der Waals surface area contributed by atoms with Crippen LogP contribution in [-0.4, -0.2) is 55.0 Å². The Kier molecular flexibility index (Phi) is 5.19. The number of piperidine rings is 1. The van der Waals surface area contributed by atoms with Gasteiger partial charge in [0.25, 0.3) is 0 Å². The third kappa shape index (κ3) is 4.11. The maximum atomic E-state index is 14.6. The molecule has 9 heteroatoms. The maximum Gasteiger partial charge on any atom is 0.414 e. The Morgan fingerprint density at radius 1 is 1.48 bits per heavy atom. The van der Waals surface area contributed by atoms with Crippen LogP contribution in [-0.2, 0) is 9.53 Å². The first-order valence-electron chi connectivity index (χ1n) is 8.72. The van der Waals surface area contributed by atoms with Gasteiger partial charge in [-0.3, -0.25) is 9.69 Å². The summed E-state index contributed by atoms with van der Waals surface area (Å²) in [6.07, 6.45) is -0.591. The van der Waals surface area contributed by atoms with Gasteiger partial charge >= 0.3 is 6.09 Å². The number of hydrogen-bond donors (Lipinski definition) is 2. The van der Waals surface area contributed by atoms with Gasteiger partial charge in [0.1, 0.15) is 11.9 Å². The van der Waals surface area contributed by atoms with Gasteiger partial charge in [0.15, 0.2) is 5.60 Å². The molecular weight excluding hydrogens is 355 g/mol. The second kappa shape index (κ2) is 7.40. The summed E-state index contributed by atoms with van der Waals surface area (Å²) in [6.45, 7) is 2.53. The van der Waals surface area contributed by atoms with E-state index in [0.29, 0.717) is 24.5 Å². The number of nitrogens with one attached hydrogen (secondary N) is 1. The van der Waals surface area contributed by atoms with Crippen LogP contribution in [0.15, 0.2) is 18.2 Å². The number of carbonyl (C=O) groups excluding carboxylic acids is 2. The first-order valence-corrected chi connectivity index (χ1v) is 8.72. The van der Waals surface area contributed by atoms with E-state index in [1.165, 1.54) is 17.9 Å². The highest BCUT2D eigenvalue weighted by molar-refractivity contribution is 5.90. The third-order valence-corrected chi connectivity index (χ3v) is 4.84. The molecule has 2 heterocycles. The molecule has 1 atom stereocenters. The third-order valence-electron chi connectivity index (χ3n) is 4.84. The molecule has 2 saturated heterocycles. The summed E-state index contributed by atoms with van der Waals surface area (Å²) in [5.74, 6) is -0.710. The lowest BCUT2D eigenvalue weighted by Crippen LogP contribution is -2.43. The van der Waals surface area contributed by atoms with Crippen LogP contribution in [0.5, 0.6) is 0 Å². The molecule has 2 aliphatic heterocycles. The summed E-state index contributed by atoms with van der Waals surface area (Å²) in [4.78, 5) is 26.1. The summed E-state index contributed by atoms with van der Waals surface area (Å²) >= 11 is 0. The molecule has 1 aromatic carbocycles. The molecule has 0 aliphatic carbocycles. The number of halogens is 1. The van der Waals surface area contributed by atoms with Gasteiger partial charge < -0.3 is 20.1 Å². The Morgan fingerprint density at radius 2 is 2.19 bits per heavy atom. The highest BCUT2D eigenvalue weighted by Gasteiger charge is 2.34. The smallest absolute Gasteiger partial charge is 0.414 e. The maximum absolute atomic E-state index is 14.6. The predicted octanol–water partition coefficient (Wildman–Crippen LogP) is 1.14. The van der Waals surface area contributed by atoms with Crippen LogP contribution >= 0.6 is 0 Å². The number of aliphatic hydroxyl groups is 1. The van der Waals surface area contributed by atoms with E-state index in [1.807, 2.05) is 6.07 Å². The lowest BCUT2D eigenvalue weighted by molar-refractivity contribution is -0.119. The second-order valence-electron chi connectivity index (χ2n) is 6.82. The van der Waals surface area contributed by atoms with Crippen molar-refractivity contribution >= 4 is 23.4 Å². The average molecular weight is 376 g/mol. The molecule has 0 aromatic heterocycles. The Hall–Kier alpha value is -2.86. The lowest BCUT2D eigenvalue weighted by Gasteiger charge is -2.35. The highest BCUT2D eigenvalue weighted by Crippen LogP contribution is 2.31. The largest absolute Gasteiger partial charge is 0.442 e. The zero-order chi connectivity index (χ0) is 19.6. The molecule has 0 radical (unpaired) electrons. The Bertz CT molecular complexity index is 786. The highest BCUT2D eigenvalue weighted by atomic mass is 19.1. The number of rotatable bonds is 4. The Balaban J connectivity index is 1.68. The van der Waals surface area contributed by atoms with Crippen molar-refractivity contribution in [3.63, 3.8) is 0 Å². The topological polar surface area (TPSA) is 106 Å². The minimum Gasteiger partial charge on any atom is -0.442 e. The van der Waals surface area contributed by atoms with Gasteiger partial charge in [-0.05, 0) is 18.2 Å². The van der Waals surface area contributed by atoms with Crippen molar-refractivity contribution in [1.82, 2.24) is 5.32 Å². The monoisotopic (exact) mass is 376 g/mol. The molecule has 0 spiro atoms. The molecule has 2 N–H and O–H groups in total. The number of amides is 2. The number of carbonyl (C=O) groups is 2. The van der Waals surface area contributed by atoms with Crippen LogP contribution in [0.4, 0.5) is 20.6 Å². The molecule has 2 fully saturated rings. The summed E-state index contributed by atoms with van der Waals surface area (Å²) in [5.41, 5.74) is -0.618. The molecule has 2 aliphatic rings. The van der Waals surface area contributed by atoms with Crippen LogP contribution < -0.4 is 15.1 Å². The van der Waals surface area contributed by atoms with Crippen molar-refractivity contribution < 1.29 is 23.8 Å². The van der Waals surface area contributed by atoms with Crippen molar-refractivity contribution in [3.05, 3.63) is 24.0 Å². The molecule has 27 heavy (non-hydrogen) atoms. The van der Waals surface area contributed by atoms with Crippen LogP contribution in [0.3, 0.4) is 0 Å². The number of nitrogens with zero attached hydrogens (tertiary/aromatic N) is 3. The number of anilines is 2. The summed E-state index contributed by atoms with van der Waals surface area (Å²) in [6, 6.07) is 6.37. The van der Waals surface area contributed by atoms with E-state index in [1.54, 1.807) is 17.0 Å². The fourth-order valence-corrected chi connectivity index (χ4v) is 3.25. The summed E-state index contributed by atoms with van der Waals surface area (Å²) < 4.78 is 19.8. The van der Waals surface area contributed by atoms with E-state index < -0.39 is 23.6 Å². The quantitative estimate of drug-likeness (QED) is 0.764. The van der Waals surface area contributed by atoms with E-state index in [2.05, 4.69) is 5.32 Å². The lowest BCUT2D eigenvalue weighted by atomic mass is 9.93. The zero-order valence-electron chi connectivity index (χ0n) is 14.9. The van der Waals surface area contributed by atoms with Crippen LogP contribution in [0, 0.1) is 17.1 Å². The van der Waals surface area contributed by atoms with E-state index in [9.17, 15) is 19.1 Å². The summed E-state index contributed by atoms with van der Waals surface area (Å²) in [5, 5.41) is 21.5. The molecule has 144 valence electrons. The fourth-order valence-electron chi connectivity index (χ4n) is 3.25. The predicted molar refractivity (Wildman–Crippen MR) is 94.7 cm³/mol. The van der Waals surface area contributed by atoms with Crippen LogP contribution in [0.25, 0.3) is 0 Å². The Labute approximate surface area is 156 Å². The Morgan fingerprint density at radius 3 is 2.78 bits per heavy atom. The SMILES string of the molecule is CC(=O)NCC1CN(c2ccc(N3CCC(O)(C#N)CC3)c(F)c2)C(=O)O1.